The number of nitrogens with zero attached hydrogens (tertiary/aromatic N) is 2. The molecule has 3 rings (SSSR count). The van der Waals surface area contributed by atoms with Gasteiger partial charge in [0.05, 0.1) is 18.8 Å². The smallest absolute Gasteiger partial charge is 0.342 e. The SMILES string of the molecule is COC(=O)c1c(C)nsc1NC(=O)N1CCCC1c1ccccc1Cl. The van der Waals surface area contributed by atoms with E-state index < -0.39 is 5.97 Å². The molecule has 1 fully saturated rings. The van der Waals surface area contributed by atoms with Crippen molar-refractivity contribution in [3.05, 3.63) is 46.1 Å². The topological polar surface area (TPSA) is 71.5 Å². The van der Waals surface area contributed by atoms with E-state index in [1.807, 2.05) is 24.3 Å². The maximum atomic E-state index is 12.8. The first-order chi connectivity index (χ1) is 12.0. The number of methoxy groups -OCH3 is 1. The molecule has 1 atom stereocenters. The van der Waals surface area contributed by atoms with Crippen LogP contribution in [0, 0.1) is 6.92 Å². The van der Waals surface area contributed by atoms with Crippen molar-refractivity contribution in [2.75, 3.05) is 19.0 Å². The van der Waals surface area contributed by atoms with Crippen molar-refractivity contribution >= 4 is 40.1 Å². The Bertz CT molecular complexity index is 808. The standard InChI is InChI=1S/C17H18ClN3O3S/c1-10-14(16(22)24-2)15(25-20-10)19-17(23)21-9-5-8-13(21)11-6-3-4-7-12(11)18/h3-4,6-7,13H,5,8-9H2,1-2H3,(H,19,23). The molecule has 132 valence electrons. The summed E-state index contributed by atoms with van der Waals surface area (Å²) in [5.41, 5.74) is 1.77. The molecule has 1 aliphatic heterocycles. The number of ether oxygens (including phenoxy) is 1. The third-order valence-corrected chi connectivity index (χ3v) is 5.45. The highest BCUT2D eigenvalue weighted by molar-refractivity contribution is 7.11. The van der Waals surface area contributed by atoms with Gasteiger partial charge in [0, 0.05) is 11.6 Å². The van der Waals surface area contributed by atoms with Crippen LogP contribution in [0.1, 0.15) is 40.5 Å². The zero-order chi connectivity index (χ0) is 18.0. The second-order valence-corrected chi connectivity index (χ2v) is 6.95. The second kappa shape index (κ2) is 7.41. The van der Waals surface area contributed by atoms with Gasteiger partial charge in [0.2, 0.25) is 0 Å². The van der Waals surface area contributed by atoms with Gasteiger partial charge < -0.3 is 9.64 Å². The molecule has 1 aliphatic rings. The lowest BCUT2D eigenvalue weighted by Gasteiger charge is -2.25. The average molecular weight is 380 g/mol. The van der Waals surface area contributed by atoms with Gasteiger partial charge in [-0.05, 0) is 42.9 Å². The maximum Gasteiger partial charge on any atom is 0.342 e. The monoisotopic (exact) mass is 379 g/mol. The summed E-state index contributed by atoms with van der Waals surface area (Å²) in [6.45, 7) is 2.34. The number of halogens is 1. The quantitative estimate of drug-likeness (QED) is 0.809. The number of hydrogen-bond acceptors (Lipinski definition) is 5. The van der Waals surface area contributed by atoms with Gasteiger partial charge in [-0.3, -0.25) is 5.32 Å². The van der Waals surface area contributed by atoms with Crippen molar-refractivity contribution < 1.29 is 14.3 Å². The molecule has 1 unspecified atom stereocenters. The summed E-state index contributed by atoms with van der Waals surface area (Å²) in [7, 11) is 1.30. The summed E-state index contributed by atoms with van der Waals surface area (Å²) < 4.78 is 8.92. The number of urea groups is 1. The van der Waals surface area contributed by atoms with E-state index in [9.17, 15) is 9.59 Å². The van der Waals surface area contributed by atoms with Crippen LogP contribution >= 0.6 is 23.1 Å². The van der Waals surface area contributed by atoms with E-state index in [-0.39, 0.29) is 12.1 Å². The summed E-state index contributed by atoms with van der Waals surface area (Å²) in [5.74, 6) is -0.509. The van der Waals surface area contributed by atoms with E-state index in [0.717, 1.165) is 29.9 Å². The van der Waals surface area contributed by atoms with Gasteiger partial charge in [-0.25, -0.2) is 9.59 Å². The van der Waals surface area contributed by atoms with Crippen LogP contribution in [0.2, 0.25) is 5.02 Å². The number of carbonyl (C=O) groups excluding carboxylic acids is 2. The largest absolute Gasteiger partial charge is 0.465 e. The number of anilines is 1. The minimum Gasteiger partial charge on any atom is -0.465 e. The predicted octanol–water partition coefficient (Wildman–Crippen LogP) is 4.26. The predicted molar refractivity (Wildman–Crippen MR) is 97.3 cm³/mol. The number of amides is 2. The van der Waals surface area contributed by atoms with Crippen molar-refractivity contribution in [3.8, 4) is 0 Å². The molecular formula is C17H18ClN3O3S. The van der Waals surface area contributed by atoms with E-state index >= 15 is 0 Å². The number of aryl methyl sites for hydroxylation is 1. The van der Waals surface area contributed by atoms with Gasteiger partial charge in [-0.15, -0.1) is 0 Å². The van der Waals surface area contributed by atoms with Crippen molar-refractivity contribution in [2.45, 2.75) is 25.8 Å². The molecule has 0 spiro atoms. The third kappa shape index (κ3) is 3.48. The molecule has 1 aromatic carbocycles. The molecule has 2 aromatic rings. The maximum absolute atomic E-state index is 12.8. The van der Waals surface area contributed by atoms with Crippen molar-refractivity contribution in [1.29, 1.82) is 0 Å². The van der Waals surface area contributed by atoms with Gasteiger partial charge in [-0.2, -0.15) is 4.37 Å². The molecule has 2 heterocycles. The first-order valence-corrected chi connectivity index (χ1v) is 9.04. The number of likely N-dealkylation sites (tertiary alicyclic amines) is 1. The molecule has 1 saturated heterocycles. The summed E-state index contributed by atoms with van der Waals surface area (Å²) in [6.07, 6.45) is 1.75. The van der Waals surface area contributed by atoms with Crippen LogP contribution in [0.4, 0.5) is 9.80 Å². The lowest BCUT2D eigenvalue weighted by atomic mass is 10.0. The Morgan fingerprint density at radius 3 is 2.88 bits per heavy atom. The Labute approximate surface area is 154 Å². The van der Waals surface area contributed by atoms with Crippen LogP contribution < -0.4 is 5.32 Å². The number of carbonyl (C=O) groups is 2. The van der Waals surface area contributed by atoms with Crippen molar-refractivity contribution in [1.82, 2.24) is 9.27 Å². The summed E-state index contributed by atoms with van der Waals surface area (Å²) in [4.78, 5) is 26.4. The van der Waals surface area contributed by atoms with Crippen LogP contribution in [-0.4, -0.2) is 34.9 Å². The lowest BCUT2D eigenvalue weighted by molar-refractivity contribution is 0.0601. The Hall–Kier alpha value is -2.12. The zero-order valence-corrected chi connectivity index (χ0v) is 15.5. The number of rotatable bonds is 3. The molecule has 0 saturated carbocycles. The van der Waals surface area contributed by atoms with E-state index in [1.54, 1.807) is 11.8 Å². The van der Waals surface area contributed by atoms with E-state index in [0.29, 0.717) is 27.8 Å². The molecule has 1 N–H and O–H groups in total. The van der Waals surface area contributed by atoms with Crippen LogP contribution in [0.15, 0.2) is 24.3 Å². The normalized spacial score (nSPS) is 16.8. The first-order valence-electron chi connectivity index (χ1n) is 7.89. The van der Waals surface area contributed by atoms with Crippen molar-refractivity contribution in [2.24, 2.45) is 0 Å². The third-order valence-electron chi connectivity index (χ3n) is 4.25. The Kier molecular flexibility index (Phi) is 5.24. The number of nitrogens with one attached hydrogen (secondary N) is 1. The Morgan fingerprint density at radius 1 is 1.40 bits per heavy atom. The highest BCUT2D eigenvalue weighted by atomic mass is 35.5. The first kappa shape index (κ1) is 17.7. The number of hydrogen-bond donors (Lipinski definition) is 1. The lowest BCUT2D eigenvalue weighted by Crippen LogP contribution is -2.34. The molecule has 0 aliphatic carbocycles. The average Bonchev–Trinajstić information content (AvgIpc) is 3.22. The van der Waals surface area contributed by atoms with Gasteiger partial charge in [0.25, 0.3) is 0 Å². The van der Waals surface area contributed by atoms with E-state index in [4.69, 9.17) is 16.3 Å². The van der Waals surface area contributed by atoms with Crippen molar-refractivity contribution in [3.63, 3.8) is 0 Å². The molecule has 25 heavy (non-hydrogen) atoms. The molecule has 8 heteroatoms. The summed E-state index contributed by atoms with van der Waals surface area (Å²) in [5, 5.41) is 3.86. The Morgan fingerprint density at radius 2 is 2.16 bits per heavy atom. The molecule has 2 amide bonds. The second-order valence-electron chi connectivity index (χ2n) is 5.77. The Balaban J connectivity index is 1.82. The van der Waals surface area contributed by atoms with Crippen LogP contribution in [0.3, 0.4) is 0 Å². The summed E-state index contributed by atoms with van der Waals surface area (Å²) >= 11 is 7.37. The van der Waals surface area contributed by atoms with E-state index in [2.05, 4.69) is 9.69 Å². The number of esters is 1. The van der Waals surface area contributed by atoms with Crippen LogP contribution in [0.25, 0.3) is 0 Å². The van der Waals surface area contributed by atoms with Crippen LogP contribution in [0.5, 0.6) is 0 Å². The molecule has 6 nitrogen and oxygen atoms in total. The fourth-order valence-electron chi connectivity index (χ4n) is 3.04. The zero-order valence-electron chi connectivity index (χ0n) is 13.9. The van der Waals surface area contributed by atoms with E-state index in [1.165, 1.54) is 7.11 Å². The van der Waals surface area contributed by atoms with Gasteiger partial charge >= 0.3 is 12.0 Å². The summed E-state index contributed by atoms with van der Waals surface area (Å²) in [6, 6.07) is 7.20. The molecular weight excluding hydrogens is 362 g/mol. The number of benzene rings is 1. The van der Waals surface area contributed by atoms with Gasteiger partial charge in [0.15, 0.2) is 0 Å². The van der Waals surface area contributed by atoms with Crippen LogP contribution in [-0.2, 0) is 4.74 Å². The molecule has 0 radical (unpaired) electrons. The minimum absolute atomic E-state index is 0.0794. The minimum atomic E-state index is -0.509. The highest BCUT2D eigenvalue weighted by Crippen LogP contribution is 2.36. The fourth-order valence-corrected chi connectivity index (χ4v) is 4.08. The molecule has 0 bridgehead atoms. The number of aromatic nitrogens is 1. The fraction of sp³-hybridized carbons (Fsp3) is 0.353. The van der Waals surface area contributed by atoms with Gasteiger partial charge in [-0.1, -0.05) is 29.8 Å². The molecule has 1 aromatic heterocycles. The highest BCUT2D eigenvalue weighted by Gasteiger charge is 2.32. The van der Waals surface area contributed by atoms with Gasteiger partial charge in [0.1, 0.15) is 10.6 Å².